The van der Waals surface area contributed by atoms with E-state index in [4.69, 9.17) is 5.11 Å². The predicted octanol–water partition coefficient (Wildman–Crippen LogP) is 1.12. The van der Waals surface area contributed by atoms with Crippen molar-refractivity contribution in [1.82, 2.24) is 4.31 Å². The number of rotatable bonds is 5. The average molecular weight is 275 g/mol. The van der Waals surface area contributed by atoms with Gasteiger partial charge in [0.15, 0.2) is 0 Å². The molecule has 102 valence electrons. The summed E-state index contributed by atoms with van der Waals surface area (Å²) in [5.74, 6) is -0.511. The molecule has 0 radical (unpaired) electrons. The van der Waals surface area contributed by atoms with E-state index in [0.29, 0.717) is 19.4 Å². The Hall–Kier alpha value is -0.340. The third kappa shape index (κ3) is 4.44. The summed E-state index contributed by atoms with van der Waals surface area (Å²) in [4.78, 5) is 0. The van der Waals surface area contributed by atoms with Gasteiger partial charge in [0.1, 0.15) is 0 Å². The highest BCUT2D eigenvalue weighted by Crippen LogP contribution is 2.24. The van der Waals surface area contributed by atoms with E-state index in [1.807, 2.05) is 0 Å². The van der Waals surface area contributed by atoms with Gasteiger partial charge in [-0.1, -0.05) is 0 Å². The van der Waals surface area contributed by atoms with Crippen LogP contribution in [-0.4, -0.2) is 49.0 Å². The van der Waals surface area contributed by atoms with Crippen molar-refractivity contribution < 1.29 is 26.7 Å². The highest BCUT2D eigenvalue weighted by atomic mass is 32.2. The van der Waals surface area contributed by atoms with Gasteiger partial charge in [0.25, 0.3) is 0 Å². The number of halogens is 3. The Morgan fingerprint density at radius 2 is 2.00 bits per heavy atom. The van der Waals surface area contributed by atoms with Gasteiger partial charge in [0.2, 0.25) is 10.0 Å². The molecule has 0 amide bonds. The molecule has 1 unspecified atom stereocenters. The molecule has 0 aromatic carbocycles. The first kappa shape index (κ1) is 14.7. The quantitative estimate of drug-likeness (QED) is 0.818. The minimum absolute atomic E-state index is 0.279. The number of nitrogens with zero attached hydrogens (tertiary/aromatic N) is 1. The van der Waals surface area contributed by atoms with Crippen LogP contribution in [0.5, 0.6) is 0 Å². The molecule has 0 aromatic rings. The molecule has 1 heterocycles. The molecule has 0 saturated carbocycles. The number of aliphatic hydroxyl groups is 1. The van der Waals surface area contributed by atoms with Crippen LogP contribution in [0.25, 0.3) is 0 Å². The third-order valence-corrected chi connectivity index (χ3v) is 4.75. The molecule has 4 nitrogen and oxygen atoms in total. The Kier molecular flexibility index (Phi) is 4.79. The summed E-state index contributed by atoms with van der Waals surface area (Å²) in [6.45, 7) is 0.0120. The molecular formula is C9H16F3NO3S. The molecule has 0 bridgehead atoms. The van der Waals surface area contributed by atoms with Crippen molar-refractivity contribution in [3.8, 4) is 0 Å². The Bertz CT molecular complexity index is 342. The number of sulfonamides is 1. The largest absolute Gasteiger partial charge is 0.395 e. The fourth-order valence-corrected chi connectivity index (χ4v) is 3.71. The minimum Gasteiger partial charge on any atom is -0.395 e. The summed E-state index contributed by atoms with van der Waals surface area (Å²) < 4.78 is 60.3. The van der Waals surface area contributed by atoms with E-state index in [2.05, 4.69) is 0 Å². The number of alkyl halides is 3. The van der Waals surface area contributed by atoms with Crippen LogP contribution in [0.4, 0.5) is 13.2 Å². The van der Waals surface area contributed by atoms with Gasteiger partial charge in [-0.15, -0.1) is 0 Å². The molecule has 1 rings (SSSR count). The molecular weight excluding hydrogens is 259 g/mol. The molecule has 1 atom stereocenters. The number of hydrogen-bond acceptors (Lipinski definition) is 3. The monoisotopic (exact) mass is 275 g/mol. The van der Waals surface area contributed by atoms with E-state index >= 15 is 0 Å². The van der Waals surface area contributed by atoms with Gasteiger partial charge >= 0.3 is 6.18 Å². The van der Waals surface area contributed by atoms with Crippen molar-refractivity contribution in [2.24, 2.45) is 0 Å². The van der Waals surface area contributed by atoms with Crippen molar-refractivity contribution in [3.05, 3.63) is 0 Å². The van der Waals surface area contributed by atoms with Crippen molar-refractivity contribution in [2.75, 3.05) is 18.9 Å². The van der Waals surface area contributed by atoms with Crippen LogP contribution < -0.4 is 0 Å². The van der Waals surface area contributed by atoms with E-state index in [-0.39, 0.29) is 6.61 Å². The molecule has 0 aromatic heterocycles. The normalized spacial score (nSPS) is 23.2. The Labute approximate surface area is 98.5 Å². The van der Waals surface area contributed by atoms with Crippen molar-refractivity contribution in [2.45, 2.75) is 37.9 Å². The summed E-state index contributed by atoms with van der Waals surface area (Å²) in [5.41, 5.74) is 0. The van der Waals surface area contributed by atoms with E-state index in [9.17, 15) is 21.6 Å². The van der Waals surface area contributed by atoms with Gasteiger partial charge in [0.05, 0.1) is 12.4 Å². The maximum Gasteiger partial charge on any atom is 0.389 e. The minimum atomic E-state index is -4.32. The van der Waals surface area contributed by atoms with Crippen LogP contribution in [0.1, 0.15) is 25.7 Å². The Balaban J connectivity index is 2.51. The van der Waals surface area contributed by atoms with E-state index in [0.717, 1.165) is 4.31 Å². The summed E-state index contributed by atoms with van der Waals surface area (Å²) in [7, 11) is -3.67. The van der Waals surface area contributed by atoms with E-state index in [1.165, 1.54) is 0 Å². The molecule has 1 saturated heterocycles. The van der Waals surface area contributed by atoms with Crippen LogP contribution in [0.2, 0.25) is 0 Å². The molecule has 17 heavy (non-hydrogen) atoms. The molecule has 8 heteroatoms. The molecule has 1 aliphatic heterocycles. The second kappa shape index (κ2) is 5.53. The first-order valence-electron chi connectivity index (χ1n) is 5.43. The topological polar surface area (TPSA) is 57.6 Å². The van der Waals surface area contributed by atoms with Crippen LogP contribution in [-0.2, 0) is 10.0 Å². The lowest BCUT2D eigenvalue weighted by Gasteiger charge is -2.22. The zero-order chi connectivity index (χ0) is 13.1. The zero-order valence-electron chi connectivity index (χ0n) is 9.28. The first-order valence-corrected chi connectivity index (χ1v) is 7.04. The summed E-state index contributed by atoms with van der Waals surface area (Å²) in [5, 5.41) is 8.97. The Morgan fingerprint density at radius 3 is 2.53 bits per heavy atom. The van der Waals surface area contributed by atoms with Gasteiger partial charge in [-0.25, -0.2) is 8.42 Å². The van der Waals surface area contributed by atoms with Crippen molar-refractivity contribution in [1.29, 1.82) is 0 Å². The smallest absolute Gasteiger partial charge is 0.389 e. The van der Waals surface area contributed by atoms with Gasteiger partial charge in [0, 0.05) is 19.0 Å². The van der Waals surface area contributed by atoms with E-state index < -0.39 is 40.8 Å². The third-order valence-electron chi connectivity index (χ3n) is 2.75. The summed E-state index contributed by atoms with van der Waals surface area (Å²) >= 11 is 0. The molecule has 0 spiro atoms. The number of hydrogen-bond donors (Lipinski definition) is 1. The lowest BCUT2D eigenvalue weighted by molar-refractivity contribution is -0.134. The summed E-state index contributed by atoms with van der Waals surface area (Å²) in [6, 6.07) is -0.467. The van der Waals surface area contributed by atoms with Crippen molar-refractivity contribution >= 4 is 10.0 Å². The molecule has 1 aliphatic rings. The fraction of sp³-hybridized carbons (Fsp3) is 1.00. The maximum absolute atomic E-state index is 11.9. The fourth-order valence-electron chi connectivity index (χ4n) is 1.93. The van der Waals surface area contributed by atoms with Crippen LogP contribution >= 0.6 is 0 Å². The lowest BCUT2D eigenvalue weighted by Crippen LogP contribution is -2.39. The Morgan fingerprint density at radius 1 is 1.35 bits per heavy atom. The van der Waals surface area contributed by atoms with E-state index in [1.54, 1.807) is 0 Å². The molecule has 1 N–H and O–H groups in total. The molecule has 0 aliphatic carbocycles. The highest BCUT2D eigenvalue weighted by Gasteiger charge is 2.34. The van der Waals surface area contributed by atoms with Gasteiger partial charge in [-0.05, 0) is 19.3 Å². The second-order valence-corrected chi connectivity index (χ2v) is 6.17. The van der Waals surface area contributed by atoms with Crippen molar-refractivity contribution in [3.63, 3.8) is 0 Å². The van der Waals surface area contributed by atoms with Crippen LogP contribution in [0.3, 0.4) is 0 Å². The maximum atomic E-state index is 11.9. The number of aliphatic hydroxyl groups excluding tert-OH is 1. The van der Waals surface area contributed by atoms with Gasteiger partial charge < -0.3 is 5.11 Å². The second-order valence-electron chi connectivity index (χ2n) is 4.12. The average Bonchev–Trinajstić information content (AvgIpc) is 2.63. The first-order chi connectivity index (χ1) is 7.76. The highest BCUT2D eigenvalue weighted by molar-refractivity contribution is 7.89. The van der Waals surface area contributed by atoms with Crippen LogP contribution in [0, 0.1) is 0 Å². The van der Waals surface area contributed by atoms with Crippen LogP contribution in [0.15, 0.2) is 0 Å². The van der Waals surface area contributed by atoms with Gasteiger partial charge in [-0.2, -0.15) is 17.5 Å². The summed E-state index contributed by atoms with van der Waals surface area (Å²) in [6.07, 6.45) is -4.64. The standard InChI is InChI=1S/C9H16F3NO3S/c10-9(11,12)4-2-6-17(15,16)13-5-1-3-8(13)7-14/h8,14H,1-7H2. The predicted molar refractivity (Wildman–Crippen MR) is 55.9 cm³/mol. The zero-order valence-corrected chi connectivity index (χ0v) is 10.1. The molecule has 1 fully saturated rings. The van der Waals surface area contributed by atoms with Gasteiger partial charge in [-0.3, -0.25) is 0 Å². The SMILES string of the molecule is O=S(=O)(CCCC(F)(F)F)N1CCCC1CO. The lowest BCUT2D eigenvalue weighted by atomic mass is 10.2.